The van der Waals surface area contributed by atoms with Crippen molar-refractivity contribution < 1.29 is 28.7 Å². The highest BCUT2D eigenvalue weighted by Gasteiger charge is 2.52. The standard InChI is InChI=1S/C44H44N6O6/c1-3-24-48(43(53)45-26-32-18-22-37(55-2)23-19-32)49-29-41(51)50-39(25-31-16-20-36(21-17-31)46-44(54)56-30-33-10-5-4-6-11-33)42(52)47(28-40(49)50)27-35-14-9-13-34-12-7-8-15-38(34)35/h1,4-22,37,39-40H,23-30H2,2H3,(H,45,53)(H,46,54)/t37?,39-,40+/m0/s1. The molecule has 5 amide bonds. The second kappa shape index (κ2) is 17.4. The Labute approximate surface area is 326 Å². The summed E-state index contributed by atoms with van der Waals surface area (Å²) in [5.41, 5.74) is 4.08. The molecule has 1 aliphatic carbocycles. The number of benzene rings is 4. The number of nitrogens with one attached hydrogen (secondary N) is 2. The van der Waals surface area contributed by atoms with E-state index in [2.05, 4.69) is 16.6 Å². The summed E-state index contributed by atoms with van der Waals surface area (Å²) in [5, 5.41) is 10.9. The van der Waals surface area contributed by atoms with Crippen LogP contribution < -0.4 is 10.6 Å². The largest absolute Gasteiger partial charge is 0.444 e. The summed E-state index contributed by atoms with van der Waals surface area (Å²) in [6, 6.07) is 29.2. The molecule has 0 spiro atoms. The molecule has 12 nitrogen and oxygen atoms in total. The Bertz CT molecular complexity index is 2180. The summed E-state index contributed by atoms with van der Waals surface area (Å²) in [6.07, 6.45) is 11.3. The smallest absolute Gasteiger partial charge is 0.411 e. The van der Waals surface area contributed by atoms with Crippen LogP contribution in [0.2, 0.25) is 0 Å². The van der Waals surface area contributed by atoms with Gasteiger partial charge in [0.1, 0.15) is 18.8 Å². The van der Waals surface area contributed by atoms with Gasteiger partial charge in [0, 0.05) is 32.3 Å². The van der Waals surface area contributed by atoms with Crippen LogP contribution in [0.1, 0.15) is 23.1 Å². The molecule has 2 aliphatic heterocycles. The van der Waals surface area contributed by atoms with Gasteiger partial charge in [0.2, 0.25) is 11.8 Å². The summed E-state index contributed by atoms with van der Waals surface area (Å²) < 4.78 is 10.7. The molecule has 2 heterocycles. The van der Waals surface area contributed by atoms with Gasteiger partial charge in [-0.15, -0.1) is 6.42 Å². The highest BCUT2D eigenvalue weighted by molar-refractivity contribution is 5.92. The van der Waals surface area contributed by atoms with E-state index in [9.17, 15) is 19.2 Å². The fourth-order valence-electron chi connectivity index (χ4n) is 7.44. The van der Waals surface area contributed by atoms with Crippen LogP contribution in [0.25, 0.3) is 10.8 Å². The molecular weight excluding hydrogens is 709 g/mol. The topological polar surface area (TPSA) is 124 Å². The zero-order valence-corrected chi connectivity index (χ0v) is 31.2. The third kappa shape index (κ3) is 8.60. The number of nitrogens with zero attached hydrogens (tertiary/aromatic N) is 4. The third-order valence-corrected chi connectivity index (χ3v) is 10.3. The van der Waals surface area contributed by atoms with Gasteiger partial charge in [0.25, 0.3) is 0 Å². The quantitative estimate of drug-likeness (QED) is 0.184. The van der Waals surface area contributed by atoms with Crippen LogP contribution in [-0.2, 0) is 38.6 Å². The van der Waals surface area contributed by atoms with Crippen molar-refractivity contribution in [2.24, 2.45) is 0 Å². The first kappa shape index (κ1) is 37.9. The minimum Gasteiger partial charge on any atom is -0.444 e. The number of piperazine rings is 1. The number of methoxy groups -OCH3 is 1. The number of urea groups is 1. The molecule has 3 aliphatic rings. The average molecular weight is 753 g/mol. The van der Waals surface area contributed by atoms with Gasteiger partial charge in [-0.05, 0) is 51.6 Å². The summed E-state index contributed by atoms with van der Waals surface area (Å²) >= 11 is 0. The highest BCUT2D eigenvalue weighted by Crippen LogP contribution is 2.31. The molecule has 2 N–H and O–H groups in total. The summed E-state index contributed by atoms with van der Waals surface area (Å²) in [5.74, 6) is 2.10. The average Bonchev–Trinajstić information content (AvgIpc) is 3.55. The lowest BCUT2D eigenvalue weighted by atomic mass is 9.98. The van der Waals surface area contributed by atoms with Gasteiger partial charge >= 0.3 is 12.1 Å². The Morgan fingerprint density at radius 1 is 0.946 bits per heavy atom. The number of ether oxygens (including phenoxy) is 2. The fourth-order valence-corrected chi connectivity index (χ4v) is 7.44. The van der Waals surface area contributed by atoms with E-state index >= 15 is 0 Å². The molecule has 3 atom stereocenters. The molecular formula is C44H44N6O6. The summed E-state index contributed by atoms with van der Waals surface area (Å²) in [6.45, 7) is 0.677. The van der Waals surface area contributed by atoms with Gasteiger partial charge < -0.3 is 24.6 Å². The van der Waals surface area contributed by atoms with E-state index in [1.807, 2.05) is 103 Å². The molecule has 4 aromatic carbocycles. The molecule has 286 valence electrons. The van der Waals surface area contributed by atoms with Crippen LogP contribution in [0, 0.1) is 12.3 Å². The first-order valence-corrected chi connectivity index (χ1v) is 18.6. The zero-order valence-electron chi connectivity index (χ0n) is 31.2. The first-order chi connectivity index (χ1) is 27.3. The predicted molar refractivity (Wildman–Crippen MR) is 212 cm³/mol. The molecule has 12 heteroatoms. The summed E-state index contributed by atoms with van der Waals surface area (Å²) in [7, 11) is 1.66. The minimum absolute atomic E-state index is 0.00340. The predicted octanol–water partition coefficient (Wildman–Crippen LogP) is 5.47. The van der Waals surface area contributed by atoms with Crippen molar-refractivity contribution in [2.45, 2.75) is 44.3 Å². The lowest BCUT2D eigenvalue weighted by Crippen LogP contribution is -2.66. The van der Waals surface area contributed by atoms with Crippen molar-refractivity contribution in [3.8, 4) is 12.3 Å². The SMILES string of the molecule is C#CCN(C(=O)NCC1=CCC(OC)C=C1)N1CC(=O)N2[C@@H](Cc3ccc(NC(=O)OCc4ccccc4)cc3)C(=O)N(Cc3cccc4ccccc34)C[C@@H]21. The van der Waals surface area contributed by atoms with E-state index < -0.39 is 24.3 Å². The Morgan fingerprint density at radius 3 is 2.46 bits per heavy atom. The Morgan fingerprint density at radius 2 is 1.71 bits per heavy atom. The van der Waals surface area contributed by atoms with E-state index in [1.54, 1.807) is 34.1 Å². The zero-order chi connectivity index (χ0) is 39.0. The number of anilines is 1. The van der Waals surface area contributed by atoms with Gasteiger partial charge in [0.15, 0.2) is 0 Å². The number of terminal acetylenes is 1. The Balaban J connectivity index is 1.11. The van der Waals surface area contributed by atoms with Gasteiger partial charge in [-0.1, -0.05) is 109 Å². The third-order valence-electron chi connectivity index (χ3n) is 10.3. The van der Waals surface area contributed by atoms with Crippen LogP contribution in [0.4, 0.5) is 15.3 Å². The summed E-state index contributed by atoms with van der Waals surface area (Å²) in [4.78, 5) is 58.1. The monoisotopic (exact) mass is 752 g/mol. The maximum atomic E-state index is 14.5. The van der Waals surface area contributed by atoms with Crippen LogP contribution in [0.3, 0.4) is 0 Å². The molecule has 4 aromatic rings. The van der Waals surface area contributed by atoms with Gasteiger partial charge in [-0.25, -0.2) is 14.6 Å². The lowest BCUT2D eigenvalue weighted by Gasteiger charge is -2.46. The maximum Gasteiger partial charge on any atom is 0.411 e. The van der Waals surface area contributed by atoms with Crippen LogP contribution >= 0.6 is 0 Å². The molecule has 7 rings (SSSR count). The van der Waals surface area contributed by atoms with Gasteiger partial charge in [-0.3, -0.25) is 14.9 Å². The number of fused-ring (bicyclic) bond motifs is 2. The van der Waals surface area contributed by atoms with E-state index in [1.165, 1.54) is 5.01 Å². The van der Waals surface area contributed by atoms with Crippen LogP contribution in [0.15, 0.2) is 121 Å². The molecule has 0 saturated carbocycles. The minimum atomic E-state index is -0.863. The van der Waals surface area contributed by atoms with Crippen LogP contribution in [0.5, 0.6) is 0 Å². The van der Waals surface area contributed by atoms with Crippen molar-refractivity contribution in [1.82, 2.24) is 25.1 Å². The van der Waals surface area contributed by atoms with Gasteiger partial charge in [-0.2, -0.15) is 5.01 Å². The number of amides is 5. The van der Waals surface area contributed by atoms with Crippen molar-refractivity contribution >= 4 is 40.4 Å². The maximum absolute atomic E-state index is 14.5. The van der Waals surface area contributed by atoms with E-state index in [4.69, 9.17) is 15.9 Å². The number of hydrogen-bond acceptors (Lipinski definition) is 7. The molecule has 2 saturated heterocycles. The highest BCUT2D eigenvalue weighted by atomic mass is 16.5. The molecule has 0 aromatic heterocycles. The van der Waals surface area contributed by atoms with E-state index in [-0.39, 0.29) is 57.1 Å². The molecule has 2 fully saturated rings. The number of rotatable bonds is 12. The number of carbonyl (C=O) groups excluding carboxylic acids is 4. The lowest BCUT2D eigenvalue weighted by molar-refractivity contribution is -0.157. The van der Waals surface area contributed by atoms with Crippen molar-refractivity contribution in [2.75, 3.05) is 38.6 Å². The van der Waals surface area contributed by atoms with Crippen molar-refractivity contribution in [3.05, 3.63) is 138 Å². The van der Waals surface area contributed by atoms with E-state index in [0.29, 0.717) is 18.7 Å². The molecule has 56 heavy (non-hydrogen) atoms. The van der Waals surface area contributed by atoms with Crippen LogP contribution in [-0.4, -0.2) is 95.4 Å². The molecule has 0 bridgehead atoms. The fraction of sp³-hybridized carbons (Fsp3) is 0.273. The second-order valence-electron chi connectivity index (χ2n) is 13.9. The number of carbonyl (C=O) groups is 4. The second-order valence-corrected chi connectivity index (χ2v) is 13.9. The normalized spacial score (nSPS) is 19.3. The first-order valence-electron chi connectivity index (χ1n) is 18.6. The van der Waals surface area contributed by atoms with Crippen molar-refractivity contribution in [1.29, 1.82) is 0 Å². The van der Waals surface area contributed by atoms with Crippen molar-refractivity contribution in [3.63, 3.8) is 0 Å². The van der Waals surface area contributed by atoms with Gasteiger partial charge in [0.05, 0.1) is 25.7 Å². The number of hydrogen-bond donors (Lipinski definition) is 2. The Kier molecular flexibility index (Phi) is 11.7. The Hall–Kier alpha value is -6.42. The van der Waals surface area contributed by atoms with E-state index in [0.717, 1.165) is 33.0 Å². The number of hydrazine groups is 1. The molecule has 1 unspecified atom stereocenters. The molecule has 0 radical (unpaired) electrons.